The molecule has 2 aliphatic rings. The number of nitrogen functional groups attached to an aromatic ring is 1. The van der Waals surface area contributed by atoms with Gasteiger partial charge in [0.05, 0.1) is 19.8 Å². The molecule has 1 aliphatic carbocycles. The molecule has 3 rings (SSSR count). The van der Waals surface area contributed by atoms with Gasteiger partial charge in [0.25, 0.3) is 0 Å². The van der Waals surface area contributed by atoms with E-state index in [1.807, 2.05) is 0 Å². The number of aromatic nitrogens is 3. The first-order valence-electron chi connectivity index (χ1n) is 7.78. The smallest absolute Gasteiger partial charge is 0.323 e. The minimum absolute atomic E-state index is 0.213. The Morgan fingerprint density at radius 3 is 2.62 bits per heavy atom. The molecule has 0 spiro atoms. The van der Waals surface area contributed by atoms with E-state index in [-0.39, 0.29) is 5.95 Å². The molecular formula is C14H23N5O2. The summed E-state index contributed by atoms with van der Waals surface area (Å²) in [5.74, 6) is 1.41. The predicted molar refractivity (Wildman–Crippen MR) is 79.3 cm³/mol. The lowest BCUT2D eigenvalue weighted by Gasteiger charge is -2.27. The summed E-state index contributed by atoms with van der Waals surface area (Å²) in [6.07, 6.45) is 6.41. The Bertz CT molecular complexity index is 459. The van der Waals surface area contributed by atoms with Crippen LogP contribution in [0.25, 0.3) is 0 Å². The quantitative estimate of drug-likeness (QED) is 0.894. The first-order valence-corrected chi connectivity index (χ1v) is 7.78. The van der Waals surface area contributed by atoms with Crippen molar-refractivity contribution in [2.24, 2.45) is 5.92 Å². The van der Waals surface area contributed by atoms with Gasteiger partial charge >= 0.3 is 6.01 Å². The molecule has 0 atom stereocenters. The average molecular weight is 293 g/mol. The van der Waals surface area contributed by atoms with Crippen molar-refractivity contribution in [3.05, 3.63) is 0 Å². The van der Waals surface area contributed by atoms with E-state index in [0.717, 1.165) is 13.1 Å². The Balaban J connectivity index is 1.62. The van der Waals surface area contributed by atoms with Gasteiger partial charge in [0.1, 0.15) is 0 Å². The zero-order valence-electron chi connectivity index (χ0n) is 12.3. The highest BCUT2D eigenvalue weighted by atomic mass is 16.5. The Morgan fingerprint density at radius 2 is 1.86 bits per heavy atom. The lowest BCUT2D eigenvalue weighted by Crippen LogP contribution is -2.37. The summed E-state index contributed by atoms with van der Waals surface area (Å²) in [6.45, 7) is 3.58. The van der Waals surface area contributed by atoms with Crippen molar-refractivity contribution in [3.63, 3.8) is 0 Å². The molecule has 1 aromatic rings. The summed E-state index contributed by atoms with van der Waals surface area (Å²) in [4.78, 5) is 14.7. The minimum Gasteiger partial charge on any atom is -0.463 e. The number of hydrogen-bond donors (Lipinski definition) is 1. The topological polar surface area (TPSA) is 86.4 Å². The summed E-state index contributed by atoms with van der Waals surface area (Å²) in [5.41, 5.74) is 5.77. The molecule has 0 bridgehead atoms. The number of morpholine rings is 1. The molecule has 0 amide bonds. The molecule has 1 aliphatic heterocycles. The van der Waals surface area contributed by atoms with Crippen molar-refractivity contribution in [2.45, 2.75) is 32.1 Å². The lowest BCUT2D eigenvalue weighted by molar-refractivity contribution is 0.121. The van der Waals surface area contributed by atoms with Crippen LogP contribution in [0.4, 0.5) is 11.9 Å². The molecule has 21 heavy (non-hydrogen) atoms. The molecule has 1 saturated heterocycles. The van der Waals surface area contributed by atoms with E-state index >= 15 is 0 Å². The summed E-state index contributed by atoms with van der Waals surface area (Å²) >= 11 is 0. The van der Waals surface area contributed by atoms with E-state index in [1.54, 1.807) is 0 Å². The second-order valence-electron chi connectivity index (χ2n) is 5.69. The average Bonchev–Trinajstić information content (AvgIpc) is 2.54. The van der Waals surface area contributed by atoms with Gasteiger partial charge in [-0.1, -0.05) is 19.3 Å². The van der Waals surface area contributed by atoms with Crippen LogP contribution in [-0.4, -0.2) is 47.9 Å². The van der Waals surface area contributed by atoms with E-state index < -0.39 is 0 Å². The molecular weight excluding hydrogens is 270 g/mol. The second-order valence-corrected chi connectivity index (χ2v) is 5.69. The highest BCUT2D eigenvalue weighted by Crippen LogP contribution is 2.24. The van der Waals surface area contributed by atoms with Gasteiger partial charge in [-0.05, 0) is 18.8 Å². The van der Waals surface area contributed by atoms with Crippen LogP contribution in [0, 0.1) is 5.92 Å². The fourth-order valence-electron chi connectivity index (χ4n) is 2.88. The van der Waals surface area contributed by atoms with Crippen molar-refractivity contribution >= 4 is 11.9 Å². The van der Waals surface area contributed by atoms with Gasteiger partial charge in [0.2, 0.25) is 11.9 Å². The Kier molecular flexibility index (Phi) is 4.69. The third-order valence-corrected chi connectivity index (χ3v) is 4.09. The minimum atomic E-state index is 0.213. The van der Waals surface area contributed by atoms with Crippen molar-refractivity contribution in [3.8, 4) is 6.01 Å². The van der Waals surface area contributed by atoms with Gasteiger partial charge in [-0.25, -0.2) is 0 Å². The second kappa shape index (κ2) is 6.89. The highest BCUT2D eigenvalue weighted by molar-refractivity contribution is 5.36. The SMILES string of the molecule is Nc1nc(OCC2CCCCC2)nc(N2CCOCC2)n1. The van der Waals surface area contributed by atoms with Crippen LogP contribution >= 0.6 is 0 Å². The monoisotopic (exact) mass is 293 g/mol. The number of nitrogens with two attached hydrogens (primary N) is 1. The maximum Gasteiger partial charge on any atom is 0.323 e. The lowest BCUT2D eigenvalue weighted by atomic mass is 9.90. The largest absolute Gasteiger partial charge is 0.463 e. The van der Waals surface area contributed by atoms with Gasteiger partial charge in [0.15, 0.2) is 0 Å². The third kappa shape index (κ3) is 3.93. The van der Waals surface area contributed by atoms with Crippen molar-refractivity contribution in [2.75, 3.05) is 43.5 Å². The maximum absolute atomic E-state index is 5.77. The van der Waals surface area contributed by atoms with Crippen LogP contribution in [0.3, 0.4) is 0 Å². The van der Waals surface area contributed by atoms with Gasteiger partial charge < -0.3 is 20.1 Å². The summed E-state index contributed by atoms with van der Waals surface area (Å²) < 4.78 is 11.1. The molecule has 2 N–H and O–H groups in total. The van der Waals surface area contributed by atoms with Gasteiger partial charge in [0, 0.05) is 13.1 Å². The number of anilines is 2. The molecule has 1 aromatic heterocycles. The zero-order chi connectivity index (χ0) is 14.5. The fourth-order valence-corrected chi connectivity index (χ4v) is 2.88. The van der Waals surface area contributed by atoms with Crippen LogP contribution in [0.5, 0.6) is 6.01 Å². The van der Waals surface area contributed by atoms with Gasteiger partial charge in [-0.3, -0.25) is 0 Å². The molecule has 0 unspecified atom stereocenters. The van der Waals surface area contributed by atoms with E-state index in [0.29, 0.717) is 37.7 Å². The van der Waals surface area contributed by atoms with E-state index in [9.17, 15) is 0 Å². The number of hydrogen-bond acceptors (Lipinski definition) is 7. The first-order chi connectivity index (χ1) is 10.3. The van der Waals surface area contributed by atoms with Crippen molar-refractivity contribution in [1.29, 1.82) is 0 Å². The van der Waals surface area contributed by atoms with Gasteiger partial charge in [-0.2, -0.15) is 15.0 Å². The van der Waals surface area contributed by atoms with Crippen LogP contribution in [0.15, 0.2) is 0 Å². The number of rotatable bonds is 4. The van der Waals surface area contributed by atoms with Crippen LogP contribution in [0.1, 0.15) is 32.1 Å². The molecule has 2 fully saturated rings. The molecule has 0 radical (unpaired) electrons. The molecule has 7 nitrogen and oxygen atoms in total. The zero-order valence-corrected chi connectivity index (χ0v) is 12.3. The Morgan fingerprint density at radius 1 is 1.10 bits per heavy atom. The van der Waals surface area contributed by atoms with Crippen LogP contribution in [-0.2, 0) is 4.74 Å². The summed E-state index contributed by atoms with van der Waals surface area (Å²) in [6, 6.07) is 0.342. The maximum atomic E-state index is 5.77. The third-order valence-electron chi connectivity index (χ3n) is 4.09. The summed E-state index contributed by atoms with van der Waals surface area (Å²) in [7, 11) is 0. The first kappa shape index (κ1) is 14.3. The predicted octanol–water partition coefficient (Wildman–Crippen LogP) is 1.25. The standard InChI is InChI=1S/C14H23N5O2/c15-12-16-13(19-6-8-20-9-7-19)18-14(17-12)21-10-11-4-2-1-3-5-11/h11H,1-10H2,(H2,15,16,17,18). The fraction of sp³-hybridized carbons (Fsp3) is 0.786. The molecule has 0 aromatic carbocycles. The van der Waals surface area contributed by atoms with Crippen LogP contribution < -0.4 is 15.4 Å². The molecule has 1 saturated carbocycles. The number of nitrogens with zero attached hydrogens (tertiary/aromatic N) is 4. The van der Waals surface area contributed by atoms with Gasteiger partial charge in [-0.15, -0.1) is 0 Å². The van der Waals surface area contributed by atoms with E-state index in [2.05, 4.69) is 19.9 Å². The van der Waals surface area contributed by atoms with Crippen LogP contribution in [0.2, 0.25) is 0 Å². The van der Waals surface area contributed by atoms with Crippen molar-refractivity contribution in [1.82, 2.24) is 15.0 Å². The normalized spacial score (nSPS) is 20.5. The Labute approximate surface area is 124 Å². The van der Waals surface area contributed by atoms with E-state index in [4.69, 9.17) is 15.2 Å². The molecule has 2 heterocycles. The Hall–Kier alpha value is -1.63. The highest BCUT2D eigenvalue weighted by Gasteiger charge is 2.18. The summed E-state index contributed by atoms with van der Waals surface area (Å²) in [5, 5.41) is 0. The molecule has 7 heteroatoms. The molecule has 116 valence electrons. The van der Waals surface area contributed by atoms with E-state index in [1.165, 1.54) is 32.1 Å². The van der Waals surface area contributed by atoms with Crippen molar-refractivity contribution < 1.29 is 9.47 Å². The number of ether oxygens (including phenoxy) is 2.